The van der Waals surface area contributed by atoms with Crippen LogP contribution in [-0.4, -0.2) is 5.10 Å². The second-order valence-electron chi connectivity index (χ2n) is 5.59. The van der Waals surface area contributed by atoms with E-state index in [0.29, 0.717) is 0 Å². The maximum absolute atomic E-state index is 4.96. The quantitative estimate of drug-likeness (QED) is 0.498. The van der Waals surface area contributed by atoms with Gasteiger partial charge in [0.1, 0.15) is 5.69 Å². The summed E-state index contributed by atoms with van der Waals surface area (Å²) in [6.45, 7) is 2.12. The topological polar surface area (TPSA) is 16.8 Å². The number of benzene rings is 3. The van der Waals surface area contributed by atoms with Crippen LogP contribution in [0.4, 0.5) is 0 Å². The van der Waals surface area contributed by atoms with Gasteiger partial charge in [-0.3, -0.25) is 0 Å². The zero-order valence-corrected chi connectivity index (χ0v) is 13.0. The van der Waals surface area contributed by atoms with E-state index in [0.717, 1.165) is 22.6 Å². The van der Waals surface area contributed by atoms with Crippen molar-refractivity contribution in [2.45, 2.75) is 6.92 Å². The Balaban J connectivity index is 2.08. The van der Waals surface area contributed by atoms with Gasteiger partial charge in [-0.15, -0.1) is 0 Å². The van der Waals surface area contributed by atoms with E-state index in [2.05, 4.69) is 67.6 Å². The first-order valence-electron chi connectivity index (χ1n) is 7.77. The molecule has 1 heterocycles. The molecule has 0 aliphatic carbocycles. The van der Waals surface area contributed by atoms with Gasteiger partial charge in [-0.2, -0.15) is 0 Å². The summed E-state index contributed by atoms with van der Waals surface area (Å²) < 4.78 is 2.03. The highest BCUT2D eigenvalue weighted by Gasteiger charge is 2.20. The van der Waals surface area contributed by atoms with Gasteiger partial charge in [0.2, 0.25) is 11.4 Å². The van der Waals surface area contributed by atoms with Crippen molar-refractivity contribution in [1.82, 2.24) is 5.10 Å². The third-order valence-corrected chi connectivity index (χ3v) is 4.14. The van der Waals surface area contributed by atoms with Gasteiger partial charge in [0.15, 0.2) is 0 Å². The van der Waals surface area contributed by atoms with E-state index >= 15 is 0 Å². The van der Waals surface area contributed by atoms with Crippen molar-refractivity contribution in [1.29, 1.82) is 0 Å². The molecule has 0 saturated heterocycles. The molecule has 2 heteroatoms. The third kappa shape index (κ3) is 2.38. The highest BCUT2D eigenvalue weighted by molar-refractivity contribution is 5.94. The van der Waals surface area contributed by atoms with E-state index in [4.69, 9.17) is 5.10 Å². The summed E-state index contributed by atoms with van der Waals surface area (Å²) >= 11 is 0. The predicted molar refractivity (Wildman–Crippen MR) is 93.4 cm³/mol. The molecule has 0 aliphatic heterocycles. The fourth-order valence-electron chi connectivity index (χ4n) is 2.98. The largest absolute Gasteiger partial charge is 0.238 e. The molecule has 0 bridgehead atoms. The van der Waals surface area contributed by atoms with Crippen LogP contribution in [0.15, 0.2) is 84.9 Å². The van der Waals surface area contributed by atoms with E-state index in [9.17, 15) is 0 Å². The molecule has 4 rings (SSSR count). The van der Waals surface area contributed by atoms with Gasteiger partial charge in [0.05, 0.1) is 5.39 Å². The molecular formula is C21H17N2+. The standard InChI is InChI=1S/C21H17N2/c1-16-19-14-8-9-15-20(19)21(17-10-4-2-5-11-17)22-23(16)18-12-6-3-7-13-18/h2-15H,1H3/q+1. The SMILES string of the molecule is Cc1c2ccccc2c(-c2ccccc2)n[n+]1-c1ccccc1. The Morgan fingerprint density at radius 3 is 1.91 bits per heavy atom. The van der Waals surface area contributed by atoms with Crippen LogP contribution in [-0.2, 0) is 0 Å². The number of para-hydroxylation sites is 1. The summed E-state index contributed by atoms with van der Waals surface area (Å²) in [4.78, 5) is 0. The highest BCUT2D eigenvalue weighted by atomic mass is 15.3. The summed E-state index contributed by atoms with van der Waals surface area (Å²) in [5.41, 5.74) is 4.36. The molecule has 0 radical (unpaired) electrons. The summed E-state index contributed by atoms with van der Waals surface area (Å²) in [7, 11) is 0. The van der Waals surface area contributed by atoms with Gasteiger partial charge in [0.25, 0.3) is 0 Å². The molecule has 4 aromatic rings. The number of aromatic nitrogens is 2. The van der Waals surface area contributed by atoms with Crippen molar-refractivity contribution < 1.29 is 4.68 Å². The fourth-order valence-corrected chi connectivity index (χ4v) is 2.98. The molecule has 3 aromatic carbocycles. The molecule has 0 unspecified atom stereocenters. The number of aryl methyl sites for hydroxylation is 1. The molecule has 0 aliphatic rings. The normalized spacial score (nSPS) is 10.8. The van der Waals surface area contributed by atoms with Gasteiger partial charge in [-0.05, 0) is 10.7 Å². The van der Waals surface area contributed by atoms with Crippen molar-refractivity contribution in [3.8, 4) is 16.9 Å². The molecular weight excluding hydrogens is 280 g/mol. The van der Waals surface area contributed by atoms with Gasteiger partial charge >= 0.3 is 0 Å². The Kier molecular flexibility index (Phi) is 3.35. The molecule has 0 fully saturated rings. The molecule has 110 valence electrons. The molecule has 0 amide bonds. The van der Waals surface area contributed by atoms with Gasteiger partial charge in [-0.1, -0.05) is 66.7 Å². The van der Waals surface area contributed by atoms with Crippen LogP contribution < -0.4 is 4.68 Å². The second-order valence-corrected chi connectivity index (χ2v) is 5.59. The van der Waals surface area contributed by atoms with Crippen molar-refractivity contribution in [3.63, 3.8) is 0 Å². The maximum Gasteiger partial charge on any atom is 0.238 e. The zero-order chi connectivity index (χ0) is 15.6. The molecule has 0 atom stereocenters. The smallest absolute Gasteiger partial charge is 0.0622 e. The number of hydrogen-bond donors (Lipinski definition) is 0. The van der Waals surface area contributed by atoms with E-state index in [-0.39, 0.29) is 0 Å². The number of rotatable bonds is 2. The molecule has 0 spiro atoms. The van der Waals surface area contributed by atoms with Crippen molar-refractivity contribution >= 4 is 10.8 Å². The molecule has 23 heavy (non-hydrogen) atoms. The average molecular weight is 297 g/mol. The molecule has 2 nitrogen and oxygen atoms in total. The predicted octanol–water partition coefficient (Wildman–Crippen LogP) is 4.49. The lowest BCUT2D eigenvalue weighted by atomic mass is 10.0. The summed E-state index contributed by atoms with van der Waals surface area (Å²) in [5.74, 6) is 0. The lowest BCUT2D eigenvalue weighted by Crippen LogP contribution is -2.39. The van der Waals surface area contributed by atoms with Gasteiger partial charge in [0, 0.05) is 35.1 Å². The van der Waals surface area contributed by atoms with E-state index in [1.807, 2.05) is 28.9 Å². The Bertz CT molecular complexity index is 961. The van der Waals surface area contributed by atoms with Crippen LogP contribution in [0, 0.1) is 6.92 Å². The van der Waals surface area contributed by atoms with Gasteiger partial charge in [-0.25, -0.2) is 0 Å². The maximum atomic E-state index is 4.96. The first-order chi connectivity index (χ1) is 11.3. The monoisotopic (exact) mass is 297 g/mol. The Hall–Kier alpha value is -3.00. The third-order valence-electron chi connectivity index (χ3n) is 4.14. The van der Waals surface area contributed by atoms with E-state index in [1.54, 1.807) is 0 Å². The Morgan fingerprint density at radius 1 is 0.652 bits per heavy atom. The second kappa shape index (κ2) is 5.65. The molecule has 1 aromatic heterocycles. The van der Waals surface area contributed by atoms with Crippen LogP contribution in [0.3, 0.4) is 0 Å². The van der Waals surface area contributed by atoms with Crippen molar-refractivity contribution in [2.24, 2.45) is 0 Å². The van der Waals surface area contributed by atoms with Crippen LogP contribution in [0.5, 0.6) is 0 Å². The Labute approximate surface area is 135 Å². The van der Waals surface area contributed by atoms with E-state index in [1.165, 1.54) is 10.8 Å². The Morgan fingerprint density at radius 2 is 1.22 bits per heavy atom. The van der Waals surface area contributed by atoms with Crippen LogP contribution in [0.1, 0.15) is 5.69 Å². The van der Waals surface area contributed by atoms with Crippen LogP contribution in [0.25, 0.3) is 27.7 Å². The highest BCUT2D eigenvalue weighted by Crippen LogP contribution is 2.26. The first kappa shape index (κ1) is 13.6. The van der Waals surface area contributed by atoms with Gasteiger partial charge < -0.3 is 0 Å². The minimum atomic E-state index is 1.01. The number of fused-ring (bicyclic) bond motifs is 1. The number of nitrogens with zero attached hydrogens (tertiary/aromatic N) is 2. The zero-order valence-electron chi connectivity index (χ0n) is 13.0. The van der Waals surface area contributed by atoms with Crippen molar-refractivity contribution in [2.75, 3.05) is 0 Å². The lowest BCUT2D eigenvalue weighted by molar-refractivity contribution is -0.663. The summed E-state index contributed by atoms with van der Waals surface area (Å²) in [5, 5.41) is 7.37. The van der Waals surface area contributed by atoms with Crippen molar-refractivity contribution in [3.05, 3.63) is 90.6 Å². The lowest BCUT2D eigenvalue weighted by Gasteiger charge is -2.07. The summed E-state index contributed by atoms with van der Waals surface area (Å²) in [6.07, 6.45) is 0. The van der Waals surface area contributed by atoms with Crippen LogP contribution >= 0.6 is 0 Å². The fraction of sp³-hybridized carbons (Fsp3) is 0.0476. The average Bonchev–Trinajstić information content (AvgIpc) is 2.64. The number of hydrogen-bond acceptors (Lipinski definition) is 1. The minimum absolute atomic E-state index is 1.01. The first-order valence-corrected chi connectivity index (χ1v) is 7.77. The molecule has 0 saturated carbocycles. The van der Waals surface area contributed by atoms with E-state index < -0.39 is 0 Å². The minimum Gasteiger partial charge on any atom is -0.0622 e. The van der Waals surface area contributed by atoms with Crippen LogP contribution in [0.2, 0.25) is 0 Å². The summed E-state index contributed by atoms with van der Waals surface area (Å²) in [6, 6.07) is 29.1. The molecule has 0 N–H and O–H groups in total.